The van der Waals surface area contributed by atoms with Crippen LogP contribution < -0.4 is 10.1 Å². The standard InChI is InChI=1S/C15H25N3O/c1-3-19-15-10-14(17-11-18-15)16-8-7-13-6-4-5-12(2)9-13/h10-13H,3-9H2,1-2H3,(H,16,17,18). The lowest BCUT2D eigenvalue weighted by Crippen LogP contribution is -2.16. The molecule has 1 heterocycles. The van der Waals surface area contributed by atoms with Gasteiger partial charge in [0, 0.05) is 12.6 Å². The highest BCUT2D eigenvalue weighted by Crippen LogP contribution is 2.30. The van der Waals surface area contributed by atoms with Crippen LogP contribution in [-0.4, -0.2) is 23.1 Å². The van der Waals surface area contributed by atoms with Gasteiger partial charge < -0.3 is 10.1 Å². The molecule has 1 fully saturated rings. The summed E-state index contributed by atoms with van der Waals surface area (Å²) in [5.74, 6) is 3.29. The Bertz CT molecular complexity index is 383. The molecule has 2 atom stereocenters. The minimum Gasteiger partial charge on any atom is -0.478 e. The van der Waals surface area contributed by atoms with Gasteiger partial charge in [-0.05, 0) is 31.6 Å². The van der Waals surface area contributed by atoms with Gasteiger partial charge in [0.15, 0.2) is 0 Å². The molecule has 0 aromatic carbocycles. The van der Waals surface area contributed by atoms with Crippen molar-refractivity contribution in [1.82, 2.24) is 9.97 Å². The summed E-state index contributed by atoms with van der Waals surface area (Å²) in [6.07, 6.45) is 8.37. The van der Waals surface area contributed by atoms with Crippen LogP contribution in [-0.2, 0) is 0 Å². The average Bonchev–Trinajstić information content (AvgIpc) is 2.40. The normalized spacial score (nSPS) is 23.1. The number of nitrogens with one attached hydrogen (secondary N) is 1. The molecule has 0 amide bonds. The maximum Gasteiger partial charge on any atom is 0.218 e. The van der Waals surface area contributed by atoms with Gasteiger partial charge in [0.05, 0.1) is 6.61 Å². The third-order valence-electron chi connectivity index (χ3n) is 3.84. The number of hydrogen-bond donors (Lipinski definition) is 1. The highest BCUT2D eigenvalue weighted by atomic mass is 16.5. The molecular formula is C15H25N3O. The number of hydrogen-bond acceptors (Lipinski definition) is 4. The van der Waals surface area contributed by atoms with Crippen molar-refractivity contribution in [3.05, 3.63) is 12.4 Å². The van der Waals surface area contributed by atoms with Crippen LogP contribution in [0.25, 0.3) is 0 Å². The first-order valence-electron chi connectivity index (χ1n) is 7.46. The van der Waals surface area contributed by atoms with E-state index in [4.69, 9.17) is 4.74 Å². The van der Waals surface area contributed by atoms with Gasteiger partial charge in [-0.2, -0.15) is 0 Å². The van der Waals surface area contributed by atoms with Gasteiger partial charge in [-0.25, -0.2) is 9.97 Å². The second-order valence-electron chi connectivity index (χ2n) is 5.53. The van der Waals surface area contributed by atoms with Crippen LogP contribution in [0.4, 0.5) is 5.82 Å². The van der Waals surface area contributed by atoms with Gasteiger partial charge in [0.1, 0.15) is 12.1 Å². The van der Waals surface area contributed by atoms with E-state index in [2.05, 4.69) is 22.2 Å². The molecule has 106 valence electrons. The van der Waals surface area contributed by atoms with Gasteiger partial charge in [0.2, 0.25) is 5.88 Å². The Morgan fingerprint density at radius 3 is 3.05 bits per heavy atom. The molecule has 0 saturated heterocycles. The Labute approximate surface area is 116 Å². The van der Waals surface area contributed by atoms with Crippen LogP contribution >= 0.6 is 0 Å². The minimum atomic E-state index is 0.635. The molecule has 0 aliphatic heterocycles. The molecule has 1 aliphatic rings. The lowest BCUT2D eigenvalue weighted by Gasteiger charge is -2.26. The second-order valence-corrected chi connectivity index (χ2v) is 5.53. The summed E-state index contributed by atoms with van der Waals surface area (Å²) in [5, 5.41) is 3.37. The van der Waals surface area contributed by atoms with Crippen LogP contribution in [0.3, 0.4) is 0 Å². The highest BCUT2D eigenvalue weighted by molar-refractivity contribution is 5.36. The largest absolute Gasteiger partial charge is 0.478 e. The predicted octanol–water partition coefficient (Wildman–Crippen LogP) is 3.50. The van der Waals surface area contributed by atoms with Gasteiger partial charge in [-0.3, -0.25) is 0 Å². The summed E-state index contributed by atoms with van der Waals surface area (Å²) in [4.78, 5) is 8.28. The first kappa shape index (κ1) is 14.1. The van der Waals surface area contributed by atoms with Crippen molar-refractivity contribution >= 4 is 5.82 Å². The molecule has 0 radical (unpaired) electrons. The summed E-state index contributed by atoms with van der Waals surface area (Å²) in [7, 11) is 0. The first-order valence-corrected chi connectivity index (χ1v) is 7.46. The van der Waals surface area contributed by atoms with Crippen molar-refractivity contribution < 1.29 is 4.74 Å². The predicted molar refractivity (Wildman–Crippen MR) is 77.4 cm³/mol. The quantitative estimate of drug-likeness (QED) is 0.853. The zero-order valence-corrected chi connectivity index (χ0v) is 12.1. The van der Waals surface area contributed by atoms with E-state index in [0.29, 0.717) is 12.5 Å². The molecule has 0 bridgehead atoms. The molecule has 4 heteroatoms. The zero-order valence-electron chi connectivity index (χ0n) is 12.1. The summed E-state index contributed by atoms with van der Waals surface area (Å²) in [5.41, 5.74) is 0. The Balaban J connectivity index is 1.74. The zero-order chi connectivity index (χ0) is 13.5. The lowest BCUT2D eigenvalue weighted by atomic mass is 9.81. The molecule has 1 aliphatic carbocycles. The summed E-state index contributed by atoms with van der Waals surface area (Å²) < 4.78 is 5.37. The van der Waals surface area contributed by atoms with Crippen LogP contribution in [0.2, 0.25) is 0 Å². The highest BCUT2D eigenvalue weighted by Gasteiger charge is 2.18. The third-order valence-corrected chi connectivity index (χ3v) is 3.84. The van der Waals surface area contributed by atoms with E-state index in [1.165, 1.54) is 32.1 Å². The molecule has 4 nitrogen and oxygen atoms in total. The molecule has 1 N–H and O–H groups in total. The van der Waals surface area contributed by atoms with Crippen molar-refractivity contribution in [2.24, 2.45) is 11.8 Å². The van der Waals surface area contributed by atoms with Crippen LogP contribution in [0, 0.1) is 11.8 Å². The SMILES string of the molecule is CCOc1cc(NCCC2CCCC(C)C2)ncn1. The maximum absolute atomic E-state index is 5.37. The number of nitrogens with zero attached hydrogens (tertiary/aromatic N) is 2. The van der Waals surface area contributed by atoms with Crippen molar-refractivity contribution in [1.29, 1.82) is 0 Å². The third kappa shape index (κ3) is 4.69. The second kappa shape index (κ2) is 7.31. The van der Waals surface area contributed by atoms with Crippen molar-refractivity contribution in [3.8, 4) is 5.88 Å². The van der Waals surface area contributed by atoms with Crippen LogP contribution in [0.5, 0.6) is 5.88 Å². The molecule has 1 aromatic heterocycles. The minimum absolute atomic E-state index is 0.635. The van der Waals surface area contributed by atoms with Crippen molar-refractivity contribution in [2.45, 2.75) is 46.0 Å². The topological polar surface area (TPSA) is 47.0 Å². The molecule has 1 aromatic rings. The Kier molecular flexibility index (Phi) is 5.43. The number of aromatic nitrogens is 2. The Morgan fingerprint density at radius 2 is 2.26 bits per heavy atom. The smallest absolute Gasteiger partial charge is 0.218 e. The lowest BCUT2D eigenvalue weighted by molar-refractivity contribution is 0.274. The van der Waals surface area contributed by atoms with E-state index >= 15 is 0 Å². The van der Waals surface area contributed by atoms with E-state index in [1.807, 2.05) is 13.0 Å². The monoisotopic (exact) mass is 263 g/mol. The number of ether oxygens (including phenoxy) is 1. The molecule has 0 spiro atoms. The summed E-state index contributed by atoms with van der Waals surface area (Å²) >= 11 is 0. The van der Waals surface area contributed by atoms with Gasteiger partial charge in [0.25, 0.3) is 0 Å². The maximum atomic E-state index is 5.37. The first-order chi connectivity index (χ1) is 9.28. The average molecular weight is 263 g/mol. The van der Waals surface area contributed by atoms with Crippen LogP contribution in [0.15, 0.2) is 12.4 Å². The molecular weight excluding hydrogens is 238 g/mol. The van der Waals surface area contributed by atoms with Crippen molar-refractivity contribution in [2.75, 3.05) is 18.5 Å². The van der Waals surface area contributed by atoms with Gasteiger partial charge in [-0.1, -0.05) is 26.2 Å². The van der Waals surface area contributed by atoms with Gasteiger partial charge >= 0.3 is 0 Å². The van der Waals surface area contributed by atoms with E-state index in [1.54, 1.807) is 6.33 Å². The fourth-order valence-corrected chi connectivity index (χ4v) is 2.89. The van der Waals surface area contributed by atoms with E-state index in [-0.39, 0.29) is 0 Å². The Morgan fingerprint density at radius 1 is 1.37 bits per heavy atom. The van der Waals surface area contributed by atoms with E-state index < -0.39 is 0 Å². The van der Waals surface area contributed by atoms with E-state index in [9.17, 15) is 0 Å². The van der Waals surface area contributed by atoms with Gasteiger partial charge in [-0.15, -0.1) is 0 Å². The van der Waals surface area contributed by atoms with Crippen LogP contribution in [0.1, 0.15) is 46.0 Å². The molecule has 1 saturated carbocycles. The van der Waals surface area contributed by atoms with E-state index in [0.717, 1.165) is 24.2 Å². The molecule has 2 rings (SSSR count). The number of anilines is 1. The number of rotatable bonds is 6. The summed E-state index contributed by atoms with van der Waals surface area (Å²) in [6.45, 7) is 5.95. The fourth-order valence-electron chi connectivity index (χ4n) is 2.89. The fraction of sp³-hybridized carbons (Fsp3) is 0.733. The summed E-state index contributed by atoms with van der Waals surface area (Å²) in [6, 6.07) is 1.87. The molecule has 19 heavy (non-hydrogen) atoms. The Hall–Kier alpha value is -1.32. The molecule has 2 unspecified atom stereocenters. The van der Waals surface area contributed by atoms with Crippen molar-refractivity contribution in [3.63, 3.8) is 0 Å².